The number of hydrogen-bond acceptors (Lipinski definition) is 6. The maximum absolute atomic E-state index is 12.0. The van der Waals surface area contributed by atoms with Gasteiger partial charge < -0.3 is 14.0 Å². The van der Waals surface area contributed by atoms with Gasteiger partial charge in [0.25, 0.3) is 0 Å². The minimum absolute atomic E-state index is 0.188. The second-order valence-corrected chi connectivity index (χ2v) is 9.25. The first-order chi connectivity index (χ1) is 11.7. The molecule has 3 rings (SSSR count). The van der Waals surface area contributed by atoms with E-state index in [9.17, 15) is 4.79 Å². The first-order valence-corrected chi connectivity index (χ1v) is 9.99. The Labute approximate surface area is 157 Å². The molecule has 0 bridgehead atoms. The zero-order valence-electron chi connectivity index (χ0n) is 15.2. The topological polar surface area (TPSA) is 44.8 Å². The maximum Gasteiger partial charge on any atom is 0.467 e. The quantitative estimate of drug-likeness (QED) is 0.556. The maximum atomic E-state index is 12.0. The Bertz CT molecular complexity index is 720. The van der Waals surface area contributed by atoms with Gasteiger partial charge >= 0.3 is 13.1 Å². The molecular formula is C18H23BO4S2. The molecule has 2 aromatic heterocycles. The molecule has 1 aliphatic heterocycles. The van der Waals surface area contributed by atoms with E-state index in [1.165, 1.54) is 16.9 Å². The lowest BCUT2D eigenvalue weighted by Gasteiger charge is -2.32. The minimum Gasteiger partial charge on any atom is -0.469 e. The van der Waals surface area contributed by atoms with Gasteiger partial charge in [0, 0.05) is 20.4 Å². The van der Waals surface area contributed by atoms with Crippen LogP contribution in [0.3, 0.4) is 0 Å². The van der Waals surface area contributed by atoms with Crippen LogP contribution in [0.5, 0.6) is 0 Å². The van der Waals surface area contributed by atoms with Crippen LogP contribution in [-0.4, -0.2) is 31.4 Å². The van der Waals surface area contributed by atoms with Crippen molar-refractivity contribution in [1.29, 1.82) is 0 Å². The molecular weight excluding hydrogens is 355 g/mol. The van der Waals surface area contributed by atoms with Crippen molar-refractivity contribution in [3.63, 3.8) is 0 Å². The summed E-state index contributed by atoms with van der Waals surface area (Å²) in [5, 5.41) is 2.06. The van der Waals surface area contributed by atoms with Gasteiger partial charge in [-0.25, -0.2) is 0 Å². The van der Waals surface area contributed by atoms with E-state index >= 15 is 0 Å². The average Bonchev–Trinajstić information content (AvgIpc) is 3.24. The number of thiophene rings is 2. The number of carbonyl (C=O) groups is 1. The lowest BCUT2D eigenvalue weighted by molar-refractivity contribution is -0.140. The Kier molecular flexibility index (Phi) is 5.12. The highest BCUT2D eigenvalue weighted by Gasteiger charge is 2.54. The second kappa shape index (κ2) is 6.87. The van der Waals surface area contributed by atoms with Crippen molar-refractivity contribution in [2.24, 2.45) is 0 Å². The summed E-state index contributed by atoms with van der Waals surface area (Å²) in [6, 6.07) is 8.31. The smallest absolute Gasteiger partial charge is 0.467 e. The summed E-state index contributed by atoms with van der Waals surface area (Å²) in [4.78, 5) is 15.5. The summed E-state index contributed by atoms with van der Waals surface area (Å²) in [6.45, 7) is 8.09. The lowest BCUT2D eigenvalue weighted by atomic mass is 9.69. The summed E-state index contributed by atoms with van der Waals surface area (Å²) >= 11 is 3.39. The molecule has 1 aliphatic rings. The van der Waals surface area contributed by atoms with E-state index in [0.717, 1.165) is 4.88 Å². The summed E-state index contributed by atoms with van der Waals surface area (Å²) in [7, 11) is 0.939. The Balaban J connectivity index is 1.90. The molecule has 0 aliphatic carbocycles. The molecule has 0 N–H and O–H groups in total. The zero-order chi connectivity index (χ0) is 18.2. The number of carbonyl (C=O) groups excluding carboxylic acids is 1. The number of rotatable bonds is 5. The van der Waals surface area contributed by atoms with Gasteiger partial charge in [0.2, 0.25) is 0 Å². The largest absolute Gasteiger partial charge is 0.469 e. The lowest BCUT2D eigenvalue weighted by Crippen LogP contribution is -2.41. The number of hydrogen-bond donors (Lipinski definition) is 0. The standard InChI is InChI=1S/C18H23BO4S2/c1-17(2)18(3,4)23-19(22-17)12(11-16(20)21-5)13-8-9-15(25-13)14-7-6-10-24-14/h6-10,12H,11H2,1-5H3. The van der Waals surface area contributed by atoms with Gasteiger partial charge in [0.1, 0.15) is 0 Å². The van der Waals surface area contributed by atoms with E-state index in [1.807, 2.05) is 33.8 Å². The SMILES string of the molecule is COC(=O)CC(B1OC(C)(C)C(C)(C)O1)c1ccc(-c2cccs2)s1. The molecule has 1 atom stereocenters. The number of esters is 1. The van der Waals surface area contributed by atoms with Crippen LogP contribution in [0.1, 0.15) is 44.8 Å². The Morgan fingerprint density at radius 1 is 1.16 bits per heavy atom. The van der Waals surface area contributed by atoms with Crippen LogP contribution in [0.4, 0.5) is 0 Å². The zero-order valence-corrected chi connectivity index (χ0v) is 16.8. The van der Waals surface area contributed by atoms with Crippen LogP contribution in [0, 0.1) is 0 Å². The molecule has 0 saturated carbocycles. The summed E-state index contributed by atoms with van der Waals surface area (Å²) < 4.78 is 17.3. The van der Waals surface area contributed by atoms with Crippen molar-refractivity contribution in [3.8, 4) is 9.75 Å². The Hall–Kier alpha value is -1.15. The summed E-state index contributed by atoms with van der Waals surface area (Å²) in [5.41, 5.74) is -0.861. The van der Waals surface area contributed by atoms with E-state index < -0.39 is 18.3 Å². The predicted octanol–water partition coefficient (Wildman–Crippen LogP) is 4.75. The third-order valence-corrected chi connectivity index (χ3v) is 7.25. The molecule has 25 heavy (non-hydrogen) atoms. The van der Waals surface area contributed by atoms with Gasteiger partial charge in [-0.15, -0.1) is 22.7 Å². The van der Waals surface area contributed by atoms with Crippen molar-refractivity contribution in [3.05, 3.63) is 34.5 Å². The number of ether oxygens (including phenoxy) is 1. The normalized spacial score (nSPS) is 19.8. The second-order valence-electron chi connectivity index (χ2n) is 7.19. The van der Waals surface area contributed by atoms with E-state index in [4.69, 9.17) is 14.0 Å². The van der Waals surface area contributed by atoms with E-state index in [2.05, 4.69) is 23.6 Å². The van der Waals surface area contributed by atoms with Crippen LogP contribution in [-0.2, 0) is 18.8 Å². The molecule has 134 valence electrons. The first kappa shape index (κ1) is 18.6. The average molecular weight is 378 g/mol. The Morgan fingerprint density at radius 2 is 1.84 bits per heavy atom. The van der Waals surface area contributed by atoms with Gasteiger partial charge in [0.15, 0.2) is 0 Å². The van der Waals surface area contributed by atoms with Crippen LogP contribution >= 0.6 is 22.7 Å². The van der Waals surface area contributed by atoms with Crippen LogP contribution < -0.4 is 0 Å². The van der Waals surface area contributed by atoms with Crippen molar-refractivity contribution in [2.75, 3.05) is 7.11 Å². The minimum atomic E-state index is -0.473. The van der Waals surface area contributed by atoms with E-state index in [-0.39, 0.29) is 18.2 Å². The summed E-state index contributed by atoms with van der Waals surface area (Å²) in [5.74, 6) is -0.446. The molecule has 1 fully saturated rings. The molecule has 0 spiro atoms. The van der Waals surface area contributed by atoms with Gasteiger partial charge in [-0.3, -0.25) is 4.79 Å². The molecule has 1 unspecified atom stereocenters. The molecule has 7 heteroatoms. The van der Waals surface area contributed by atoms with Gasteiger partial charge in [0.05, 0.1) is 24.7 Å². The molecule has 2 aromatic rings. The van der Waals surface area contributed by atoms with Crippen LogP contribution in [0.2, 0.25) is 0 Å². The van der Waals surface area contributed by atoms with Crippen molar-refractivity contribution in [1.82, 2.24) is 0 Å². The summed E-state index contributed by atoms with van der Waals surface area (Å²) in [6.07, 6.45) is 0.234. The molecule has 4 nitrogen and oxygen atoms in total. The van der Waals surface area contributed by atoms with Crippen molar-refractivity contribution in [2.45, 2.75) is 51.1 Å². The van der Waals surface area contributed by atoms with E-state index in [0.29, 0.717) is 0 Å². The third kappa shape index (κ3) is 3.70. The highest BCUT2D eigenvalue weighted by molar-refractivity contribution is 7.21. The molecule has 0 radical (unpaired) electrons. The fraction of sp³-hybridized carbons (Fsp3) is 0.500. The van der Waals surface area contributed by atoms with Crippen LogP contribution in [0.25, 0.3) is 9.75 Å². The Morgan fingerprint density at radius 3 is 2.40 bits per heavy atom. The third-order valence-electron chi connectivity index (χ3n) is 4.97. The fourth-order valence-corrected chi connectivity index (χ4v) is 4.71. The highest BCUT2D eigenvalue weighted by atomic mass is 32.1. The monoisotopic (exact) mass is 378 g/mol. The first-order valence-electron chi connectivity index (χ1n) is 8.29. The van der Waals surface area contributed by atoms with Crippen molar-refractivity contribution < 1.29 is 18.8 Å². The van der Waals surface area contributed by atoms with E-state index in [1.54, 1.807) is 22.7 Å². The highest BCUT2D eigenvalue weighted by Crippen LogP contribution is 2.44. The number of methoxy groups -OCH3 is 1. The fourth-order valence-electron chi connectivity index (χ4n) is 2.75. The molecule has 3 heterocycles. The van der Waals surface area contributed by atoms with Gasteiger partial charge in [-0.1, -0.05) is 6.07 Å². The molecule has 0 amide bonds. The molecule has 1 saturated heterocycles. The predicted molar refractivity (Wildman–Crippen MR) is 103 cm³/mol. The van der Waals surface area contributed by atoms with Gasteiger partial charge in [-0.2, -0.15) is 0 Å². The van der Waals surface area contributed by atoms with Crippen LogP contribution in [0.15, 0.2) is 29.6 Å². The molecule has 0 aromatic carbocycles. The van der Waals surface area contributed by atoms with Crippen molar-refractivity contribution >= 4 is 35.8 Å². The van der Waals surface area contributed by atoms with Gasteiger partial charge in [-0.05, 0) is 51.3 Å².